The van der Waals surface area contributed by atoms with E-state index in [4.69, 9.17) is 0 Å². The van der Waals surface area contributed by atoms with E-state index in [9.17, 15) is 15.2 Å². The molecular formula is C21H20N4O2. The fourth-order valence-electron chi connectivity index (χ4n) is 2.93. The van der Waals surface area contributed by atoms with Crippen LogP contribution in [0.3, 0.4) is 0 Å². The molecule has 3 aromatic rings. The third-order valence-corrected chi connectivity index (χ3v) is 4.50. The fraction of sp³-hybridized carbons (Fsp3) is 0.238. The summed E-state index contributed by atoms with van der Waals surface area (Å²) in [6.45, 7) is 3.91. The highest BCUT2D eigenvalue weighted by Crippen LogP contribution is 2.28. The molecule has 0 aliphatic rings. The van der Waals surface area contributed by atoms with Crippen LogP contribution in [-0.4, -0.2) is 9.67 Å². The van der Waals surface area contributed by atoms with Gasteiger partial charge in [-0.2, -0.15) is 10.4 Å². The maximum Gasteiger partial charge on any atom is 0.281 e. The van der Waals surface area contributed by atoms with Gasteiger partial charge in [0.15, 0.2) is 5.69 Å². The molecule has 0 unspecified atom stereocenters. The molecule has 0 fully saturated rings. The molecule has 0 radical (unpaired) electrons. The Bertz CT molecular complexity index is 1120. The predicted octanol–water partition coefficient (Wildman–Crippen LogP) is 5.10. The summed E-state index contributed by atoms with van der Waals surface area (Å²) in [4.78, 5) is 12.8. The molecule has 3 rings (SSSR count). The highest BCUT2D eigenvalue weighted by molar-refractivity contribution is 5.85. The number of aromatic nitrogens is 1. The first-order valence-corrected chi connectivity index (χ1v) is 8.83. The van der Waals surface area contributed by atoms with Gasteiger partial charge >= 0.3 is 0 Å². The third-order valence-electron chi connectivity index (χ3n) is 4.50. The Balaban J connectivity index is 2.08. The van der Waals surface area contributed by atoms with Crippen molar-refractivity contribution in [3.05, 3.63) is 63.9 Å². The third kappa shape index (κ3) is 3.58. The van der Waals surface area contributed by atoms with Gasteiger partial charge in [0.25, 0.3) is 5.56 Å². The molecule has 0 atom stereocenters. The summed E-state index contributed by atoms with van der Waals surface area (Å²) < 4.78 is 1.20. The summed E-state index contributed by atoms with van der Waals surface area (Å²) >= 11 is 0. The Morgan fingerprint density at radius 1 is 1.15 bits per heavy atom. The molecular weight excluding hydrogens is 340 g/mol. The summed E-state index contributed by atoms with van der Waals surface area (Å²) in [5, 5.41) is 30.1. The molecule has 6 nitrogen and oxygen atoms in total. The van der Waals surface area contributed by atoms with Gasteiger partial charge in [0, 0.05) is 12.1 Å². The predicted molar refractivity (Wildman–Crippen MR) is 105 cm³/mol. The fourth-order valence-corrected chi connectivity index (χ4v) is 2.93. The topological polar surface area (TPSA) is 90.7 Å². The van der Waals surface area contributed by atoms with Gasteiger partial charge in [0.2, 0.25) is 5.88 Å². The van der Waals surface area contributed by atoms with Gasteiger partial charge in [0.1, 0.15) is 11.6 Å². The van der Waals surface area contributed by atoms with Crippen LogP contribution in [0, 0.1) is 18.3 Å². The first-order valence-electron chi connectivity index (χ1n) is 8.83. The van der Waals surface area contributed by atoms with Crippen LogP contribution in [0.25, 0.3) is 10.8 Å². The van der Waals surface area contributed by atoms with Gasteiger partial charge in [-0.25, -0.2) is 0 Å². The van der Waals surface area contributed by atoms with E-state index in [0.717, 1.165) is 17.2 Å². The number of azo groups is 1. The van der Waals surface area contributed by atoms with Crippen molar-refractivity contribution in [2.24, 2.45) is 10.2 Å². The molecule has 2 aromatic carbocycles. The Hall–Kier alpha value is -3.46. The highest BCUT2D eigenvalue weighted by atomic mass is 16.3. The number of hydrogen-bond acceptors (Lipinski definition) is 5. The van der Waals surface area contributed by atoms with Crippen molar-refractivity contribution in [2.75, 3.05) is 0 Å². The van der Waals surface area contributed by atoms with Crippen molar-refractivity contribution in [3.63, 3.8) is 0 Å². The Morgan fingerprint density at radius 2 is 1.89 bits per heavy atom. The molecule has 1 N–H and O–H groups in total. The Morgan fingerprint density at radius 3 is 2.59 bits per heavy atom. The summed E-state index contributed by atoms with van der Waals surface area (Å²) in [5.74, 6) is -0.307. The lowest BCUT2D eigenvalue weighted by Gasteiger charge is -2.12. The summed E-state index contributed by atoms with van der Waals surface area (Å²) in [5.41, 5.74) is 0.630. The van der Waals surface area contributed by atoms with Crippen LogP contribution in [0.5, 0.6) is 5.88 Å². The van der Waals surface area contributed by atoms with E-state index in [1.165, 1.54) is 4.57 Å². The van der Waals surface area contributed by atoms with Gasteiger partial charge in [0.05, 0.1) is 5.69 Å². The van der Waals surface area contributed by atoms with Crippen LogP contribution >= 0.6 is 0 Å². The second-order valence-corrected chi connectivity index (χ2v) is 6.33. The zero-order valence-corrected chi connectivity index (χ0v) is 15.3. The number of nitriles is 1. The molecule has 0 aliphatic heterocycles. The van der Waals surface area contributed by atoms with Crippen LogP contribution in [-0.2, 0) is 6.54 Å². The number of unbranched alkanes of at least 4 members (excludes halogenated alkanes) is 1. The summed E-state index contributed by atoms with van der Waals surface area (Å²) in [6.07, 6.45) is 1.57. The van der Waals surface area contributed by atoms with Crippen molar-refractivity contribution in [1.29, 1.82) is 5.26 Å². The minimum absolute atomic E-state index is 0.0539. The van der Waals surface area contributed by atoms with Crippen molar-refractivity contribution < 1.29 is 5.11 Å². The van der Waals surface area contributed by atoms with E-state index in [1.54, 1.807) is 6.92 Å². The summed E-state index contributed by atoms with van der Waals surface area (Å²) in [6, 6.07) is 15.5. The van der Waals surface area contributed by atoms with E-state index >= 15 is 0 Å². The average molecular weight is 360 g/mol. The second kappa shape index (κ2) is 7.83. The summed E-state index contributed by atoms with van der Waals surface area (Å²) in [7, 11) is 0. The van der Waals surface area contributed by atoms with Crippen molar-refractivity contribution in [3.8, 4) is 11.9 Å². The van der Waals surface area contributed by atoms with Gasteiger partial charge in [-0.3, -0.25) is 9.36 Å². The van der Waals surface area contributed by atoms with Crippen molar-refractivity contribution in [1.82, 2.24) is 4.57 Å². The van der Waals surface area contributed by atoms with E-state index in [1.807, 2.05) is 55.5 Å². The van der Waals surface area contributed by atoms with Gasteiger partial charge in [-0.15, -0.1) is 5.11 Å². The molecule has 0 aliphatic carbocycles. The number of rotatable bonds is 5. The van der Waals surface area contributed by atoms with Crippen LogP contribution in [0.2, 0.25) is 0 Å². The number of hydrogen-bond donors (Lipinski definition) is 1. The zero-order chi connectivity index (χ0) is 19.4. The smallest absolute Gasteiger partial charge is 0.281 e. The zero-order valence-electron chi connectivity index (χ0n) is 15.3. The standard InChI is InChI=1S/C21H20N4O2/c1-3-4-11-25-20(26)18(13-22)14(2)19(21(25)27)24-23-17-10-9-15-7-5-6-8-16(15)12-17/h5-10,12,26H,3-4,11H2,1-2H3. The lowest BCUT2D eigenvalue weighted by molar-refractivity contribution is 0.399. The number of nitrogens with zero attached hydrogens (tertiary/aromatic N) is 4. The van der Waals surface area contributed by atoms with E-state index in [2.05, 4.69) is 10.2 Å². The quantitative estimate of drug-likeness (QED) is 0.641. The van der Waals surface area contributed by atoms with Crippen LogP contribution in [0.4, 0.5) is 11.4 Å². The van der Waals surface area contributed by atoms with Crippen LogP contribution < -0.4 is 5.56 Å². The molecule has 1 heterocycles. The van der Waals surface area contributed by atoms with Crippen LogP contribution in [0.1, 0.15) is 30.9 Å². The normalized spacial score (nSPS) is 11.1. The second-order valence-electron chi connectivity index (χ2n) is 6.33. The Labute approximate surface area is 157 Å². The molecule has 0 saturated carbocycles. The molecule has 0 spiro atoms. The molecule has 0 saturated heterocycles. The number of fused-ring (bicyclic) bond motifs is 1. The largest absolute Gasteiger partial charge is 0.493 e. The van der Waals surface area contributed by atoms with Crippen LogP contribution in [0.15, 0.2) is 57.5 Å². The van der Waals surface area contributed by atoms with Crippen molar-refractivity contribution >= 4 is 22.1 Å². The highest BCUT2D eigenvalue weighted by Gasteiger charge is 2.18. The Kier molecular flexibility index (Phi) is 5.32. The van der Waals surface area contributed by atoms with E-state index < -0.39 is 5.56 Å². The minimum Gasteiger partial charge on any atom is -0.493 e. The maximum absolute atomic E-state index is 12.8. The van der Waals surface area contributed by atoms with Gasteiger partial charge < -0.3 is 5.11 Å². The molecule has 6 heteroatoms. The first-order chi connectivity index (χ1) is 13.1. The number of benzene rings is 2. The first kappa shape index (κ1) is 18.3. The molecule has 0 bridgehead atoms. The number of pyridine rings is 1. The molecule has 1 aromatic heterocycles. The molecule has 27 heavy (non-hydrogen) atoms. The lowest BCUT2D eigenvalue weighted by Crippen LogP contribution is -2.22. The minimum atomic E-state index is -0.443. The monoisotopic (exact) mass is 360 g/mol. The molecule has 136 valence electrons. The number of aromatic hydroxyl groups is 1. The molecule has 0 amide bonds. The SMILES string of the molecule is CCCCn1c(O)c(C#N)c(C)c(N=Nc2ccc3ccccc3c2)c1=O. The van der Waals surface area contributed by atoms with Gasteiger partial charge in [-0.05, 0) is 36.2 Å². The average Bonchev–Trinajstić information content (AvgIpc) is 2.68. The maximum atomic E-state index is 12.8. The van der Waals surface area contributed by atoms with E-state index in [0.29, 0.717) is 24.2 Å². The van der Waals surface area contributed by atoms with E-state index in [-0.39, 0.29) is 17.1 Å². The van der Waals surface area contributed by atoms with Gasteiger partial charge in [-0.1, -0.05) is 43.7 Å². The lowest BCUT2D eigenvalue weighted by atomic mass is 10.1. The van der Waals surface area contributed by atoms with Crippen molar-refractivity contribution in [2.45, 2.75) is 33.2 Å².